The van der Waals surface area contributed by atoms with Gasteiger partial charge in [0.05, 0.1) is 5.69 Å². The highest BCUT2D eigenvalue weighted by Gasteiger charge is 2.38. The van der Waals surface area contributed by atoms with E-state index < -0.39 is 79.3 Å². The Balaban J connectivity index is 1.51. The Morgan fingerprint density at radius 2 is 1.53 bits per heavy atom. The second kappa shape index (κ2) is 9.43. The van der Waals surface area contributed by atoms with Crippen LogP contribution in [0.5, 0.6) is 0 Å². The van der Waals surface area contributed by atoms with Crippen LogP contribution in [-0.2, 0) is 6.42 Å². The molecule has 3 heterocycles. The number of oxazole rings is 1. The van der Waals surface area contributed by atoms with Crippen molar-refractivity contribution in [2.24, 2.45) is 0 Å². The van der Waals surface area contributed by atoms with Crippen molar-refractivity contribution in [3.63, 3.8) is 0 Å². The fourth-order valence-electron chi connectivity index (χ4n) is 4.09. The summed E-state index contributed by atoms with van der Waals surface area (Å²) in [6, 6.07) is 3.07. The van der Waals surface area contributed by atoms with Crippen LogP contribution in [0.3, 0.4) is 0 Å². The summed E-state index contributed by atoms with van der Waals surface area (Å²) in [5, 5.41) is 2.25. The van der Waals surface area contributed by atoms with E-state index in [4.69, 9.17) is 4.42 Å². The zero-order valence-corrected chi connectivity index (χ0v) is 18.8. The summed E-state index contributed by atoms with van der Waals surface area (Å²) < 4.78 is 113. The lowest BCUT2D eigenvalue weighted by Crippen LogP contribution is -2.39. The largest absolute Gasteiger partial charge is 0.427 e. The van der Waals surface area contributed by atoms with Gasteiger partial charge in [-0.1, -0.05) is 0 Å². The minimum Gasteiger partial charge on any atom is -0.427 e. The van der Waals surface area contributed by atoms with E-state index >= 15 is 0 Å². The second-order valence-electron chi connectivity index (χ2n) is 8.87. The van der Waals surface area contributed by atoms with Gasteiger partial charge in [-0.3, -0.25) is 4.79 Å². The van der Waals surface area contributed by atoms with Gasteiger partial charge < -0.3 is 19.5 Å². The molecule has 1 aromatic heterocycles. The van der Waals surface area contributed by atoms with Crippen LogP contribution in [0.2, 0.25) is 0 Å². The molecular formula is C22H22F8N4O2. The van der Waals surface area contributed by atoms with E-state index in [0.717, 1.165) is 6.07 Å². The monoisotopic (exact) mass is 526 g/mol. The van der Waals surface area contributed by atoms with Gasteiger partial charge in [0.2, 0.25) is 0 Å². The molecule has 1 amide bonds. The lowest BCUT2D eigenvalue weighted by Gasteiger charge is -2.33. The summed E-state index contributed by atoms with van der Waals surface area (Å²) in [7, 11) is 0. The maximum Gasteiger partial charge on any atom is 0.396 e. The molecule has 1 aromatic carbocycles. The van der Waals surface area contributed by atoms with Crippen LogP contribution in [0.15, 0.2) is 22.6 Å². The molecule has 0 unspecified atom stereocenters. The Morgan fingerprint density at radius 1 is 0.972 bits per heavy atom. The van der Waals surface area contributed by atoms with Gasteiger partial charge in [-0.15, -0.1) is 0 Å². The number of carbonyl (C=O) groups is 1. The topological polar surface area (TPSA) is 61.6 Å². The number of hydrogen-bond acceptors (Lipinski definition) is 5. The Morgan fingerprint density at radius 3 is 2.06 bits per heavy atom. The standard InChI is InChI=1S/C22H22F8N4O2/c23-14-11-13(1-2-15(14)33-7-3-20(24,25)4-8-33)31-18(35)17-16(12-22(28,29)30)36-19(32-17)34-9-5-21(26,27)6-10-34/h1-2,11H,3-10,12H2,(H,31,35). The second-order valence-corrected chi connectivity index (χ2v) is 8.87. The zero-order chi connectivity index (χ0) is 26.3. The summed E-state index contributed by atoms with van der Waals surface area (Å²) in [5.74, 6) is -8.47. The first-order valence-electron chi connectivity index (χ1n) is 11.1. The number of benzene rings is 1. The summed E-state index contributed by atoms with van der Waals surface area (Å²) in [4.78, 5) is 19.2. The van der Waals surface area contributed by atoms with Crippen LogP contribution >= 0.6 is 0 Å². The van der Waals surface area contributed by atoms with E-state index in [1.165, 1.54) is 21.9 Å². The van der Waals surface area contributed by atoms with Gasteiger partial charge in [-0.2, -0.15) is 18.2 Å². The number of carbonyl (C=O) groups excluding carboxylic acids is 1. The number of nitrogens with zero attached hydrogens (tertiary/aromatic N) is 3. The quantitative estimate of drug-likeness (QED) is 0.511. The third-order valence-corrected chi connectivity index (χ3v) is 6.07. The molecule has 4 rings (SSSR count). The van der Waals surface area contributed by atoms with Crippen molar-refractivity contribution >= 4 is 23.3 Å². The van der Waals surface area contributed by atoms with Crippen molar-refractivity contribution in [2.75, 3.05) is 41.3 Å². The highest BCUT2D eigenvalue weighted by Crippen LogP contribution is 2.34. The van der Waals surface area contributed by atoms with Gasteiger partial charge in [-0.05, 0) is 18.2 Å². The Kier molecular flexibility index (Phi) is 6.82. The van der Waals surface area contributed by atoms with E-state index in [9.17, 15) is 39.9 Å². The third kappa shape index (κ3) is 6.19. The summed E-state index contributed by atoms with van der Waals surface area (Å²) in [5.41, 5.74) is -0.766. The number of aromatic nitrogens is 1. The molecule has 2 aromatic rings. The summed E-state index contributed by atoms with van der Waals surface area (Å²) in [6.07, 6.45) is -8.34. The van der Waals surface area contributed by atoms with Crippen LogP contribution in [0.25, 0.3) is 0 Å². The molecule has 0 atom stereocenters. The first-order chi connectivity index (χ1) is 16.7. The molecule has 0 spiro atoms. The molecule has 14 heteroatoms. The van der Waals surface area contributed by atoms with E-state index in [1.807, 2.05) is 0 Å². The van der Waals surface area contributed by atoms with Crippen LogP contribution in [0, 0.1) is 5.82 Å². The molecule has 2 aliphatic rings. The van der Waals surface area contributed by atoms with Gasteiger partial charge in [0, 0.05) is 57.5 Å². The SMILES string of the molecule is O=C(Nc1ccc(N2CCC(F)(F)CC2)c(F)c1)c1nc(N2CCC(F)(F)CC2)oc1CC(F)(F)F. The van der Waals surface area contributed by atoms with Crippen LogP contribution in [0.4, 0.5) is 52.5 Å². The maximum absolute atomic E-state index is 14.7. The van der Waals surface area contributed by atoms with Crippen molar-refractivity contribution in [1.29, 1.82) is 0 Å². The third-order valence-electron chi connectivity index (χ3n) is 6.07. The molecule has 36 heavy (non-hydrogen) atoms. The summed E-state index contributed by atoms with van der Waals surface area (Å²) >= 11 is 0. The number of nitrogens with one attached hydrogen (secondary N) is 1. The van der Waals surface area contributed by atoms with Crippen LogP contribution in [-0.4, -0.2) is 55.1 Å². The normalized spacial score (nSPS) is 19.9. The van der Waals surface area contributed by atoms with Gasteiger partial charge in [0.25, 0.3) is 23.8 Å². The number of piperidine rings is 2. The molecule has 1 N–H and O–H groups in total. The first-order valence-corrected chi connectivity index (χ1v) is 11.1. The smallest absolute Gasteiger partial charge is 0.396 e. The van der Waals surface area contributed by atoms with Crippen LogP contribution in [0.1, 0.15) is 41.9 Å². The minimum atomic E-state index is -4.75. The van der Waals surface area contributed by atoms with Crippen molar-refractivity contribution < 1.29 is 44.3 Å². The molecule has 2 aliphatic heterocycles. The molecular weight excluding hydrogens is 504 g/mol. The predicted molar refractivity (Wildman–Crippen MR) is 113 cm³/mol. The van der Waals surface area contributed by atoms with Crippen molar-refractivity contribution in [1.82, 2.24) is 4.98 Å². The zero-order valence-electron chi connectivity index (χ0n) is 18.8. The van der Waals surface area contributed by atoms with E-state index in [-0.39, 0.29) is 37.6 Å². The van der Waals surface area contributed by atoms with E-state index in [0.29, 0.717) is 0 Å². The molecule has 0 aliphatic carbocycles. The van der Waals surface area contributed by atoms with Crippen molar-refractivity contribution in [2.45, 2.75) is 50.1 Å². The summed E-state index contributed by atoms with van der Waals surface area (Å²) in [6.45, 7) is -0.592. The molecule has 198 valence electrons. The highest BCUT2D eigenvalue weighted by molar-refractivity contribution is 6.03. The Hall–Kier alpha value is -3.06. The first kappa shape index (κ1) is 26.0. The number of anilines is 3. The molecule has 2 saturated heterocycles. The number of alkyl halides is 7. The Labute approximate surface area is 200 Å². The average Bonchev–Trinajstić information content (AvgIpc) is 3.16. The molecule has 0 radical (unpaired) electrons. The Bertz CT molecular complexity index is 1100. The molecule has 6 nitrogen and oxygen atoms in total. The van der Waals surface area contributed by atoms with Crippen molar-refractivity contribution in [3.05, 3.63) is 35.5 Å². The lowest BCUT2D eigenvalue weighted by molar-refractivity contribution is -0.130. The van der Waals surface area contributed by atoms with E-state index in [2.05, 4.69) is 10.3 Å². The number of halogens is 8. The maximum atomic E-state index is 14.7. The predicted octanol–water partition coefficient (Wildman–Crippen LogP) is 5.64. The molecule has 0 bridgehead atoms. The number of amides is 1. The molecule has 0 saturated carbocycles. The van der Waals surface area contributed by atoms with Gasteiger partial charge in [-0.25, -0.2) is 22.0 Å². The average molecular weight is 526 g/mol. The fourth-order valence-corrected chi connectivity index (χ4v) is 4.09. The highest BCUT2D eigenvalue weighted by atomic mass is 19.4. The number of rotatable bonds is 5. The van der Waals surface area contributed by atoms with Gasteiger partial charge in [0.1, 0.15) is 18.0 Å². The fraction of sp³-hybridized carbons (Fsp3) is 0.545. The van der Waals surface area contributed by atoms with Crippen molar-refractivity contribution in [3.8, 4) is 0 Å². The van der Waals surface area contributed by atoms with E-state index in [1.54, 1.807) is 0 Å². The van der Waals surface area contributed by atoms with Crippen LogP contribution < -0.4 is 15.1 Å². The van der Waals surface area contributed by atoms with Gasteiger partial charge in [0.15, 0.2) is 5.69 Å². The minimum absolute atomic E-state index is 0.0480. The lowest BCUT2D eigenvalue weighted by atomic mass is 10.1. The van der Waals surface area contributed by atoms with Gasteiger partial charge >= 0.3 is 6.18 Å². The molecule has 2 fully saturated rings. The number of hydrogen-bond donors (Lipinski definition) is 1.